The summed E-state index contributed by atoms with van der Waals surface area (Å²) < 4.78 is 0. The number of hydrogen-bond donors (Lipinski definition) is 2. The summed E-state index contributed by atoms with van der Waals surface area (Å²) in [7, 11) is 0. The Bertz CT molecular complexity index is 360. The fourth-order valence-corrected chi connectivity index (χ4v) is 6.10. The molecule has 0 aromatic heterocycles. The molecule has 106 valence electrons. The van der Waals surface area contributed by atoms with Gasteiger partial charge in [-0.3, -0.25) is 0 Å². The monoisotopic (exact) mass is 263 g/mol. The average molecular weight is 263 g/mol. The molecule has 4 nitrogen and oxygen atoms in total. The van der Waals surface area contributed by atoms with Crippen molar-refractivity contribution in [1.82, 2.24) is 10.2 Å². The zero-order valence-corrected chi connectivity index (χ0v) is 11.6. The van der Waals surface area contributed by atoms with Gasteiger partial charge in [0.1, 0.15) is 0 Å². The number of piperazine rings is 1. The molecule has 2 amide bonds. The molecule has 0 radical (unpaired) electrons. The van der Waals surface area contributed by atoms with Crippen molar-refractivity contribution in [2.45, 2.75) is 44.6 Å². The molecule has 0 spiro atoms. The molecule has 1 heterocycles. The predicted molar refractivity (Wildman–Crippen MR) is 73.6 cm³/mol. The second-order valence-electron chi connectivity index (χ2n) is 7.53. The topological polar surface area (TPSA) is 58.4 Å². The lowest BCUT2D eigenvalue weighted by Gasteiger charge is -2.61. The number of amides is 2. The Morgan fingerprint density at radius 1 is 1.11 bits per heavy atom. The number of nitrogens with two attached hydrogens (primary N) is 1. The molecule has 4 bridgehead atoms. The van der Waals surface area contributed by atoms with Gasteiger partial charge in [-0.15, -0.1) is 0 Å². The molecule has 4 heteroatoms. The summed E-state index contributed by atoms with van der Waals surface area (Å²) in [5.74, 6) is 2.80. The first kappa shape index (κ1) is 12.0. The molecule has 4 saturated carbocycles. The third-order valence-electron chi connectivity index (χ3n) is 6.32. The van der Waals surface area contributed by atoms with Crippen LogP contribution in [0.5, 0.6) is 0 Å². The van der Waals surface area contributed by atoms with Gasteiger partial charge in [0.05, 0.1) is 6.04 Å². The van der Waals surface area contributed by atoms with Gasteiger partial charge in [-0.2, -0.15) is 0 Å². The van der Waals surface area contributed by atoms with Crippen LogP contribution < -0.4 is 11.1 Å². The van der Waals surface area contributed by atoms with E-state index in [0.29, 0.717) is 11.5 Å². The van der Waals surface area contributed by atoms with Gasteiger partial charge in [0.15, 0.2) is 0 Å². The number of nitrogens with zero attached hydrogens (tertiary/aromatic N) is 1. The smallest absolute Gasteiger partial charge is 0.315 e. The highest BCUT2D eigenvalue weighted by Crippen LogP contribution is 2.62. The maximum absolute atomic E-state index is 11.8. The molecule has 5 aliphatic rings. The van der Waals surface area contributed by atoms with Gasteiger partial charge in [-0.1, -0.05) is 0 Å². The fraction of sp³-hybridized carbons (Fsp3) is 0.933. The number of rotatable bonds is 1. The zero-order valence-electron chi connectivity index (χ0n) is 11.6. The standard InChI is InChI=1S/C15H25N3O/c16-14(19)18-2-1-17-9-13(18)15-6-10-3-11(7-15)5-12(4-10)8-15/h10-13,17H,1-9H2,(H2,16,19). The average Bonchev–Trinajstić information content (AvgIpc) is 2.37. The minimum Gasteiger partial charge on any atom is -0.351 e. The summed E-state index contributed by atoms with van der Waals surface area (Å²) in [4.78, 5) is 13.8. The van der Waals surface area contributed by atoms with Crippen LogP contribution in [0.3, 0.4) is 0 Å². The van der Waals surface area contributed by atoms with Crippen molar-refractivity contribution in [3.05, 3.63) is 0 Å². The van der Waals surface area contributed by atoms with Crippen LogP contribution in [0.4, 0.5) is 4.79 Å². The first-order valence-electron chi connectivity index (χ1n) is 7.93. The normalized spacial score (nSPS) is 48.5. The van der Waals surface area contributed by atoms with E-state index in [0.717, 1.165) is 37.4 Å². The number of hydrogen-bond acceptors (Lipinski definition) is 2. The second kappa shape index (κ2) is 4.11. The van der Waals surface area contributed by atoms with Crippen LogP contribution in [0.15, 0.2) is 0 Å². The molecule has 0 aromatic carbocycles. The van der Waals surface area contributed by atoms with Crippen molar-refractivity contribution in [3.63, 3.8) is 0 Å². The molecular weight excluding hydrogens is 238 g/mol. The molecule has 1 unspecified atom stereocenters. The van der Waals surface area contributed by atoms with Crippen molar-refractivity contribution < 1.29 is 4.79 Å². The van der Waals surface area contributed by atoms with Crippen LogP contribution in [0, 0.1) is 23.2 Å². The molecular formula is C15H25N3O. The highest BCUT2D eigenvalue weighted by Gasteiger charge is 2.56. The molecule has 3 N–H and O–H groups in total. The van der Waals surface area contributed by atoms with Crippen LogP contribution in [0.2, 0.25) is 0 Å². The summed E-state index contributed by atoms with van der Waals surface area (Å²) >= 11 is 0. The molecule has 4 aliphatic carbocycles. The van der Waals surface area contributed by atoms with E-state index in [1.54, 1.807) is 0 Å². The number of nitrogens with one attached hydrogen (secondary N) is 1. The van der Waals surface area contributed by atoms with E-state index in [2.05, 4.69) is 5.32 Å². The Hall–Kier alpha value is -0.770. The van der Waals surface area contributed by atoms with Crippen molar-refractivity contribution >= 4 is 6.03 Å². The van der Waals surface area contributed by atoms with E-state index in [4.69, 9.17) is 5.73 Å². The van der Waals surface area contributed by atoms with Crippen LogP contribution in [0.25, 0.3) is 0 Å². The summed E-state index contributed by atoms with van der Waals surface area (Å²) in [6, 6.07) is 0.148. The quantitative estimate of drug-likeness (QED) is 0.754. The Morgan fingerprint density at radius 2 is 1.68 bits per heavy atom. The van der Waals surface area contributed by atoms with Crippen LogP contribution >= 0.6 is 0 Å². The van der Waals surface area contributed by atoms with Crippen LogP contribution in [-0.2, 0) is 0 Å². The minimum atomic E-state index is -0.206. The molecule has 1 saturated heterocycles. The Labute approximate surface area is 115 Å². The zero-order chi connectivity index (χ0) is 13.0. The van der Waals surface area contributed by atoms with Crippen molar-refractivity contribution in [2.75, 3.05) is 19.6 Å². The van der Waals surface area contributed by atoms with Crippen LogP contribution in [-0.4, -0.2) is 36.6 Å². The van der Waals surface area contributed by atoms with Crippen molar-refractivity contribution in [1.29, 1.82) is 0 Å². The van der Waals surface area contributed by atoms with Crippen molar-refractivity contribution in [2.24, 2.45) is 28.9 Å². The molecule has 0 aromatic rings. The van der Waals surface area contributed by atoms with E-state index >= 15 is 0 Å². The summed E-state index contributed by atoms with van der Waals surface area (Å²) in [6.07, 6.45) is 8.39. The number of carbonyl (C=O) groups is 1. The van der Waals surface area contributed by atoms with Gasteiger partial charge in [-0.05, 0) is 61.7 Å². The van der Waals surface area contributed by atoms with Gasteiger partial charge in [0.2, 0.25) is 0 Å². The summed E-state index contributed by atoms with van der Waals surface area (Å²) in [5, 5.41) is 3.50. The van der Waals surface area contributed by atoms with E-state index in [1.807, 2.05) is 4.90 Å². The first-order valence-corrected chi connectivity index (χ1v) is 7.93. The number of urea groups is 1. The van der Waals surface area contributed by atoms with E-state index in [9.17, 15) is 4.79 Å². The van der Waals surface area contributed by atoms with E-state index in [-0.39, 0.29) is 6.03 Å². The lowest BCUT2D eigenvalue weighted by molar-refractivity contribution is -0.0961. The third-order valence-corrected chi connectivity index (χ3v) is 6.32. The van der Waals surface area contributed by atoms with Gasteiger partial charge in [-0.25, -0.2) is 4.79 Å². The third kappa shape index (κ3) is 1.79. The highest BCUT2D eigenvalue weighted by atomic mass is 16.2. The number of carbonyl (C=O) groups excluding carboxylic acids is 1. The Balaban J connectivity index is 1.64. The molecule has 19 heavy (non-hydrogen) atoms. The highest BCUT2D eigenvalue weighted by molar-refractivity contribution is 5.72. The largest absolute Gasteiger partial charge is 0.351 e. The summed E-state index contributed by atoms with van der Waals surface area (Å²) in [6.45, 7) is 2.64. The molecule has 5 rings (SSSR count). The van der Waals surface area contributed by atoms with Gasteiger partial charge < -0.3 is 16.0 Å². The van der Waals surface area contributed by atoms with Crippen molar-refractivity contribution in [3.8, 4) is 0 Å². The minimum absolute atomic E-state index is 0.206. The van der Waals surface area contributed by atoms with E-state index in [1.165, 1.54) is 38.5 Å². The van der Waals surface area contributed by atoms with E-state index < -0.39 is 0 Å². The van der Waals surface area contributed by atoms with Crippen LogP contribution in [0.1, 0.15) is 38.5 Å². The lowest BCUT2D eigenvalue weighted by atomic mass is 9.47. The summed E-state index contributed by atoms with van der Waals surface area (Å²) in [5.41, 5.74) is 6.02. The molecule has 1 aliphatic heterocycles. The maximum atomic E-state index is 11.8. The second-order valence-corrected chi connectivity index (χ2v) is 7.53. The SMILES string of the molecule is NC(=O)N1CCNCC1C12CC3CC(CC(C3)C1)C2. The van der Waals surface area contributed by atoms with Gasteiger partial charge in [0, 0.05) is 19.6 Å². The number of primary amides is 1. The molecule has 5 fully saturated rings. The first-order chi connectivity index (χ1) is 9.16. The molecule has 1 atom stereocenters. The Morgan fingerprint density at radius 3 is 2.21 bits per heavy atom. The Kier molecular flexibility index (Phi) is 2.60. The fourth-order valence-electron chi connectivity index (χ4n) is 6.10. The van der Waals surface area contributed by atoms with Gasteiger partial charge >= 0.3 is 6.03 Å². The van der Waals surface area contributed by atoms with Gasteiger partial charge in [0.25, 0.3) is 0 Å². The predicted octanol–water partition coefficient (Wildman–Crippen LogP) is 1.56. The maximum Gasteiger partial charge on any atom is 0.315 e. The lowest BCUT2D eigenvalue weighted by Crippen LogP contribution is -2.65.